The lowest BCUT2D eigenvalue weighted by Gasteiger charge is -2.04. The first-order chi connectivity index (χ1) is 8.04. The maximum absolute atomic E-state index is 11.8. The van der Waals surface area contributed by atoms with Gasteiger partial charge in [-0.25, -0.2) is 0 Å². The number of halogens is 1. The Kier molecular flexibility index (Phi) is 5.35. The lowest BCUT2D eigenvalue weighted by atomic mass is 10.0. The largest absolute Gasteiger partial charge is 0.466 e. The van der Waals surface area contributed by atoms with E-state index in [2.05, 4.69) is 15.9 Å². The highest BCUT2D eigenvalue weighted by Crippen LogP contribution is 2.18. The Balaban J connectivity index is 2.58. The quantitative estimate of drug-likeness (QED) is 0.619. The first-order valence-corrected chi connectivity index (χ1v) is 6.29. The van der Waals surface area contributed by atoms with E-state index in [1.807, 2.05) is 19.1 Å². The van der Waals surface area contributed by atoms with Crippen LogP contribution in [0.2, 0.25) is 0 Å². The van der Waals surface area contributed by atoms with Crippen molar-refractivity contribution >= 4 is 27.7 Å². The van der Waals surface area contributed by atoms with Crippen molar-refractivity contribution in [2.24, 2.45) is 0 Å². The molecule has 4 heteroatoms. The second kappa shape index (κ2) is 6.55. The summed E-state index contributed by atoms with van der Waals surface area (Å²) in [4.78, 5) is 22.9. The Labute approximate surface area is 109 Å². The second-order valence-electron chi connectivity index (χ2n) is 3.69. The fourth-order valence-corrected chi connectivity index (χ4v) is 1.66. The number of aryl methyl sites for hydroxylation is 1. The lowest BCUT2D eigenvalue weighted by molar-refractivity contribution is -0.143. The van der Waals surface area contributed by atoms with E-state index < -0.39 is 0 Å². The van der Waals surface area contributed by atoms with Crippen molar-refractivity contribution in [3.8, 4) is 0 Å². The molecule has 1 rings (SSSR count). The minimum Gasteiger partial charge on any atom is -0.466 e. The zero-order chi connectivity index (χ0) is 12.8. The molecule has 92 valence electrons. The third kappa shape index (κ3) is 4.30. The van der Waals surface area contributed by atoms with Crippen LogP contribution in [0.1, 0.15) is 35.7 Å². The molecule has 0 spiro atoms. The SMILES string of the molecule is CCOC(=O)CCC(=O)c1ccc(Br)c(C)c1. The molecule has 1 aromatic rings. The highest BCUT2D eigenvalue weighted by molar-refractivity contribution is 9.10. The van der Waals surface area contributed by atoms with Crippen molar-refractivity contribution in [2.45, 2.75) is 26.7 Å². The highest BCUT2D eigenvalue weighted by Gasteiger charge is 2.10. The summed E-state index contributed by atoms with van der Waals surface area (Å²) in [6, 6.07) is 5.41. The van der Waals surface area contributed by atoms with Gasteiger partial charge in [-0.1, -0.05) is 22.0 Å². The van der Waals surface area contributed by atoms with Crippen LogP contribution in [0.3, 0.4) is 0 Å². The highest BCUT2D eigenvalue weighted by atomic mass is 79.9. The fourth-order valence-electron chi connectivity index (χ4n) is 1.41. The summed E-state index contributed by atoms with van der Waals surface area (Å²) in [5, 5.41) is 0. The van der Waals surface area contributed by atoms with Gasteiger partial charge >= 0.3 is 5.97 Å². The molecule has 0 saturated heterocycles. The van der Waals surface area contributed by atoms with E-state index >= 15 is 0 Å². The van der Waals surface area contributed by atoms with Gasteiger partial charge in [-0.2, -0.15) is 0 Å². The van der Waals surface area contributed by atoms with Gasteiger partial charge in [-0.15, -0.1) is 0 Å². The maximum atomic E-state index is 11.8. The Bertz CT molecular complexity index is 427. The number of carbonyl (C=O) groups excluding carboxylic acids is 2. The molecule has 1 aromatic carbocycles. The van der Waals surface area contributed by atoms with E-state index in [1.165, 1.54) is 0 Å². The summed E-state index contributed by atoms with van der Waals surface area (Å²) < 4.78 is 5.74. The van der Waals surface area contributed by atoms with Gasteiger partial charge < -0.3 is 4.74 Å². The number of hydrogen-bond donors (Lipinski definition) is 0. The third-order valence-electron chi connectivity index (χ3n) is 2.34. The molecule has 0 N–H and O–H groups in total. The monoisotopic (exact) mass is 298 g/mol. The van der Waals surface area contributed by atoms with Crippen molar-refractivity contribution in [3.05, 3.63) is 33.8 Å². The van der Waals surface area contributed by atoms with Crippen LogP contribution in [0.15, 0.2) is 22.7 Å². The summed E-state index contributed by atoms with van der Waals surface area (Å²) in [6.45, 7) is 4.02. The van der Waals surface area contributed by atoms with E-state index in [4.69, 9.17) is 4.74 Å². The smallest absolute Gasteiger partial charge is 0.306 e. The van der Waals surface area contributed by atoms with Crippen LogP contribution in [0, 0.1) is 6.92 Å². The number of benzene rings is 1. The lowest BCUT2D eigenvalue weighted by Crippen LogP contribution is -2.08. The number of Topliss-reactive ketones (excluding diaryl/α,β-unsaturated/α-hetero) is 1. The van der Waals surface area contributed by atoms with Crippen LogP contribution in [0.25, 0.3) is 0 Å². The summed E-state index contributed by atoms with van der Waals surface area (Å²) in [7, 11) is 0. The summed E-state index contributed by atoms with van der Waals surface area (Å²) in [6.07, 6.45) is 0.335. The van der Waals surface area contributed by atoms with Gasteiger partial charge in [-0.3, -0.25) is 9.59 Å². The first kappa shape index (κ1) is 13.9. The zero-order valence-electron chi connectivity index (χ0n) is 9.96. The first-order valence-electron chi connectivity index (χ1n) is 5.49. The maximum Gasteiger partial charge on any atom is 0.306 e. The molecule has 0 aliphatic carbocycles. The van der Waals surface area contributed by atoms with Crippen molar-refractivity contribution in [1.29, 1.82) is 0 Å². The van der Waals surface area contributed by atoms with Crippen LogP contribution in [-0.4, -0.2) is 18.4 Å². The molecule has 0 heterocycles. The van der Waals surface area contributed by atoms with Crippen LogP contribution < -0.4 is 0 Å². The molecule has 0 aliphatic heterocycles. The van der Waals surface area contributed by atoms with Gasteiger partial charge in [0, 0.05) is 16.5 Å². The fraction of sp³-hybridized carbons (Fsp3) is 0.385. The predicted octanol–water partition coefficient (Wildman–Crippen LogP) is 3.28. The molecule has 0 aromatic heterocycles. The molecule has 3 nitrogen and oxygen atoms in total. The molecule has 17 heavy (non-hydrogen) atoms. The number of ketones is 1. The van der Waals surface area contributed by atoms with Gasteiger partial charge in [0.25, 0.3) is 0 Å². The minimum atomic E-state index is -0.324. The molecule has 0 saturated carbocycles. The minimum absolute atomic E-state index is 0.0337. The standard InChI is InChI=1S/C13H15BrO3/c1-3-17-13(16)7-6-12(15)10-4-5-11(14)9(2)8-10/h4-5,8H,3,6-7H2,1-2H3. The van der Waals surface area contributed by atoms with E-state index in [0.29, 0.717) is 12.2 Å². The molecule has 0 amide bonds. The van der Waals surface area contributed by atoms with Crippen LogP contribution in [-0.2, 0) is 9.53 Å². The number of hydrogen-bond acceptors (Lipinski definition) is 3. The van der Waals surface area contributed by atoms with E-state index in [9.17, 15) is 9.59 Å². The Morgan fingerprint density at radius 3 is 2.59 bits per heavy atom. The number of carbonyl (C=O) groups is 2. The van der Waals surface area contributed by atoms with Gasteiger partial charge in [0.05, 0.1) is 13.0 Å². The number of esters is 1. The summed E-state index contributed by atoms with van der Waals surface area (Å²) >= 11 is 3.38. The average Bonchev–Trinajstić information content (AvgIpc) is 2.30. The van der Waals surface area contributed by atoms with Gasteiger partial charge in [-0.05, 0) is 31.5 Å². The van der Waals surface area contributed by atoms with Crippen molar-refractivity contribution < 1.29 is 14.3 Å². The topological polar surface area (TPSA) is 43.4 Å². The zero-order valence-corrected chi connectivity index (χ0v) is 11.5. The van der Waals surface area contributed by atoms with Gasteiger partial charge in [0.15, 0.2) is 5.78 Å². The number of ether oxygens (including phenoxy) is 1. The second-order valence-corrected chi connectivity index (χ2v) is 4.55. The normalized spacial score (nSPS) is 10.1. The number of rotatable bonds is 5. The van der Waals surface area contributed by atoms with Crippen molar-refractivity contribution in [3.63, 3.8) is 0 Å². The molecule has 0 fully saturated rings. The Hall–Kier alpha value is -1.16. The van der Waals surface area contributed by atoms with Crippen LogP contribution in [0.5, 0.6) is 0 Å². The molecule has 0 atom stereocenters. The molecular formula is C13H15BrO3. The summed E-state index contributed by atoms with van der Waals surface area (Å²) in [5.74, 6) is -0.358. The van der Waals surface area contributed by atoms with E-state index in [-0.39, 0.29) is 24.6 Å². The van der Waals surface area contributed by atoms with Crippen molar-refractivity contribution in [1.82, 2.24) is 0 Å². The van der Waals surface area contributed by atoms with Crippen molar-refractivity contribution in [2.75, 3.05) is 6.61 Å². The van der Waals surface area contributed by atoms with E-state index in [1.54, 1.807) is 13.0 Å². The van der Waals surface area contributed by atoms with Gasteiger partial charge in [0.2, 0.25) is 0 Å². The van der Waals surface area contributed by atoms with Crippen LogP contribution in [0.4, 0.5) is 0 Å². The molecule has 0 radical (unpaired) electrons. The average molecular weight is 299 g/mol. The molecule has 0 unspecified atom stereocenters. The van der Waals surface area contributed by atoms with Gasteiger partial charge in [0.1, 0.15) is 0 Å². The molecular weight excluding hydrogens is 284 g/mol. The molecule has 0 bridgehead atoms. The third-order valence-corrected chi connectivity index (χ3v) is 3.23. The van der Waals surface area contributed by atoms with Crippen LogP contribution >= 0.6 is 15.9 Å². The Morgan fingerprint density at radius 1 is 1.29 bits per heavy atom. The predicted molar refractivity (Wildman–Crippen MR) is 69.1 cm³/mol. The summed E-state index contributed by atoms with van der Waals surface area (Å²) in [5.41, 5.74) is 1.64. The molecule has 0 aliphatic rings. The van der Waals surface area contributed by atoms with E-state index in [0.717, 1.165) is 10.0 Å². The Morgan fingerprint density at radius 2 is 2.00 bits per heavy atom.